The first-order valence-electron chi connectivity index (χ1n) is 6.19. The topological polar surface area (TPSA) is 24.9 Å². The van der Waals surface area contributed by atoms with Gasteiger partial charge in [0.25, 0.3) is 0 Å². The highest BCUT2D eigenvalue weighted by atomic mass is 32.1. The van der Waals surface area contributed by atoms with Crippen LogP contribution in [-0.4, -0.2) is 11.0 Å². The lowest BCUT2D eigenvalue weighted by molar-refractivity contribution is 0.217. The molecular weight excluding hydrogens is 216 g/mol. The van der Waals surface area contributed by atoms with E-state index in [9.17, 15) is 0 Å². The van der Waals surface area contributed by atoms with Crippen LogP contribution in [0.3, 0.4) is 0 Å². The number of hydrogen-bond acceptors (Lipinski definition) is 3. The molecule has 1 aliphatic rings. The summed E-state index contributed by atoms with van der Waals surface area (Å²) in [7, 11) is 0. The molecule has 1 aromatic heterocycles. The number of rotatable bonds is 2. The van der Waals surface area contributed by atoms with E-state index >= 15 is 0 Å². The second-order valence-electron chi connectivity index (χ2n) is 5.59. The van der Waals surface area contributed by atoms with Crippen LogP contribution in [0.4, 0.5) is 5.13 Å². The molecule has 0 amide bonds. The van der Waals surface area contributed by atoms with Crippen LogP contribution in [0.25, 0.3) is 0 Å². The predicted octanol–water partition coefficient (Wildman–Crippen LogP) is 4.14. The zero-order valence-corrected chi connectivity index (χ0v) is 11.6. The van der Waals surface area contributed by atoms with Crippen LogP contribution < -0.4 is 5.32 Å². The van der Waals surface area contributed by atoms with Crippen molar-refractivity contribution in [1.82, 2.24) is 4.98 Å². The van der Waals surface area contributed by atoms with Gasteiger partial charge < -0.3 is 5.32 Å². The van der Waals surface area contributed by atoms with Crippen molar-refractivity contribution in [3.05, 3.63) is 10.6 Å². The van der Waals surface area contributed by atoms with Crippen molar-refractivity contribution in [2.75, 3.05) is 5.32 Å². The Hall–Kier alpha value is -0.570. The highest BCUT2D eigenvalue weighted by molar-refractivity contribution is 7.15. The summed E-state index contributed by atoms with van der Waals surface area (Å²) >= 11 is 1.79. The van der Waals surface area contributed by atoms with Gasteiger partial charge in [-0.05, 0) is 32.1 Å². The summed E-state index contributed by atoms with van der Waals surface area (Å²) in [5.74, 6) is 0. The van der Waals surface area contributed by atoms with Crippen molar-refractivity contribution in [1.29, 1.82) is 0 Å². The SMILES string of the molecule is Cc1nc(NC2CCCCC2(C)C)sc1C. The highest BCUT2D eigenvalue weighted by Crippen LogP contribution is 2.38. The van der Waals surface area contributed by atoms with E-state index in [1.165, 1.54) is 36.3 Å². The molecule has 1 unspecified atom stereocenters. The second-order valence-corrected chi connectivity index (χ2v) is 6.80. The lowest BCUT2D eigenvalue weighted by Crippen LogP contribution is -2.38. The smallest absolute Gasteiger partial charge is 0.183 e. The summed E-state index contributed by atoms with van der Waals surface area (Å²) in [6, 6.07) is 0.589. The predicted molar refractivity (Wildman–Crippen MR) is 71.2 cm³/mol. The average molecular weight is 238 g/mol. The molecule has 1 N–H and O–H groups in total. The third kappa shape index (κ3) is 2.40. The first-order valence-corrected chi connectivity index (χ1v) is 7.01. The van der Waals surface area contributed by atoms with Crippen LogP contribution in [0.1, 0.15) is 50.1 Å². The Morgan fingerprint density at radius 2 is 2.06 bits per heavy atom. The van der Waals surface area contributed by atoms with Crippen molar-refractivity contribution in [2.45, 2.75) is 59.4 Å². The quantitative estimate of drug-likeness (QED) is 0.837. The van der Waals surface area contributed by atoms with Gasteiger partial charge in [0.1, 0.15) is 0 Å². The fourth-order valence-electron chi connectivity index (χ4n) is 2.45. The van der Waals surface area contributed by atoms with Gasteiger partial charge in [0, 0.05) is 10.9 Å². The van der Waals surface area contributed by atoms with Gasteiger partial charge in [0.05, 0.1) is 5.69 Å². The Balaban J connectivity index is 2.08. The van der Waals surface area contributed by atoms with Crippen LogP contribution in [0, 0.1) is 19.3 Å². The number of aromatic nitrogens is 1. The summed E-state index contributed by atoms with van der Waals surface area (Å²) in [6.45, 7) is 8.97. The molecule has 1 fully saturated rings. The third-order valence-electron chi connectivity index (χ3n) is 3.83. The van der Waals surface area contributed by atoms with Crippen molar-refractivity contribution in [3.8, 4) is 0 Å². The van der Waals surface area contributed by atoms with Gasteiger partial charge in [0.15, 0.2) is 5.13 Å². The Kier molecular flexibility index (Phi) is 3.24. The Morgan fingerprint density at radius 3 is 2.62 bits per heavy atom. The van der Waals surface area contributed by atoms with Crippen LogP contribution in [0.2, 0.25) is 0 Å². The summed E-state index contributed by atoms with van der Waals surface area (Å²) in [5.41, 5.74) is 1.58. The normalized spacial score (nSPS) is 24.4. The molecule has 2 nitrogen and oxygen atoms in total. The molecule has 0 aromatic carbocycles. The zero-order chi connectivity index (χ0) is 11.8. The van der Waals surface area contributed by atoms with Crippen LogP contribution in [-0.2, 0) is 0 Å². The molecule has 1 heterocycles. The molecule has 1 saturated carbocycles. The van der Waals surface area contributed by atoms with Crippen LogP contribution in [0.5, 0.6) is 0 Å². The molecule has 0 saturated heterocycles. The van der Waals surface area contributed by atoms with Gasteiger partial charge >= 0.3 is 0 Å². The molecule has 0 radical (unpaired) electrons. The average Bonchev–Trinajstić information content (AvgIpc) is 2.50. The van der Waals surface area contributed by atoms with Gasteiger partial charge in [-0.1, -0.05) is 26.7 Å². The van der Waals surface area contributed by atoms with E-state index < -0.39 is 0 Å². The minimum atomic E-state index is 0.408. The molecule has 16 heavy (non-hydrogen) atoms. The molecule has 0 bridgehead atoms. The van der Waals surface area contributed by atoms with Gasteiger partial charge in [-0.15, -0.1) is 11.3 Å². The number of anilines is 1. The maximum Gasteiger partial charge on any atom is 0.183 e. The summed E-state index contributed by atoms with van der Waals surface area (Å²) in [6.07, 6.45) is 5.34. The Labute approximate surface area is 102 Å². The number of aryl methyl sites for hydroxylation is 2. The van der Waals surface area contributed by atoms with Gasteiger partial charge in [-0.25, -0.2) is 4.98 Å². The van der Waals surface area contributed by atoms with E-state index in [0.717, 1.165) is 5.13 Å². The fraction of sp³-hybridized carbons (Fsp3) is 0.769. The standard InChI is InChI=1S/C13H22N2S/c1-9-10(2)16-12(14-9)15-11-7-5-6-8-13(11,3)4/h11H,5-8H2,1-4H3,(H,14,15). The van der Waals surface area contributed by atoms with E-state index in [1.807, 2.05) is 0 Å². The van der Waals surface area contributed by atoms with Crippen molar-refractivity contribution >= 4 is 16.5 Å². The first kappa shape index (κ1) is 11.9. The number of nitrogens with zero attached hydrogens (tertiary/aromatic N) is 1. The summed E-state index contributed by atoms with van der Waals surface area (Å²) in [5, 5.41) is 4.75. The molecule has 1 aromatic rings. The lowest BCUT2D eigenvalue weighted by Gasteiger charge is -2.38. The second kappa shape index (κ2) is 4.36. The van der Waals surface area contributed by atoms with E-state index in [4.69, 9.17) is 0 Å². The van der Waals surface area contributed by atoms with Crippen LogP contribution in [0.15, 0.2) is 0 Å². The fourth-order valence-corrected chi connectivity index (χ4v) is 3.31. The minimum absolute atomic E-state index is 0.408. The third-order valence-corrected chi connectivity index (χ3v) is 4.84. The zero-order valence-electron chi connectivity index (χ0n) is 10.8. The monoisotopic (exact) mass is 238 g/mol. The summed E-state index contributed by atoms with van der Waals surface area (Å²) in [4.78, 5) is 5.91. The molecule has 0 aliphatic heterocycles. The van der Waals surface area contributed by atoms with Crippen molar-refractivity contribution in [2.24, 2.45) is 5.41 Å². The maximum atomic E-state index is 4.58. The van der Waals surface area contributed by atoms with Gasteiger partial charge in [0.2, 0.25) is 0 Å². The molecule has 90 valence electrons. The number of nitrogens with one attached hydrogen (secondary N) is 1. The molecule has 0 spiro atoms. The number of hydrogen-bond donors (Lipinski definition) is 1. The summed E-state index contributed by atoms with van der Waals surface area (Å²) < 4.78 is 0. The molecular formula is C13H22N2S. The molecule has 3 heteroatoms. The lowest BCUT2D eigenvalue weighted by atomic mass is 9.73. The minimum Gasteiger partial charge on any atom is -0.358 e. The van der Waals surface area contributed by atoms with E-state index in [-0.39, 0.29) is 0 Å². The Bertz CT molecular complexity index is 349. The van der Waals surface area contributed by atoms with Crippen molar-refractivity contribution in [3.63, 3.8) is 0 Å². The van der Waals surface area contributed by atoms with E-state index in [0.29, 0.717) is 11.5 Å². The highest BCUT2D eigenvalue weighted by Gasteiger charge is 2.32. The first-order chi connectivity index (χ1) is 7.49. The van der Waals surface area contributed by atoms with Gasteiger partial charge in [-0.3, -0.25) is 0 Å². The molecule has 2 rings (SSSR count). The molecule has 1 atom stereocenters. The largest absolute Gasteiger partial charge is 0.358 e. The van der Waals surface area contributed by atoms with E-state index in [2.05, 4.69) is 38.0 Å². The maximum absolute atomic E-state index is 4.58. The molecule has 1 aliphatic carbocycles. The van der Waals surface area contributed by atoms with E-state index in [1.54, 1.807) is 11.3 Å². The number of thiazole rings is 1. The van der Waals surface area contributed by atoms with Gasteiger partial charge in [-0.2, -0.15) is 0 Å². The Morgan fingerprint density at radius 1 is 1.31 bits per heavy atom. The van der Waals surface area contributed by atoms with Crippen LogP contribution >= 0.6 is 11.3 Å². The van der Waals surface area contributed by atoms with Crippen molar-refractivity contribution < 1.29 is 0 Å².